The molecule has 0 amide bonds. The average molecular weight is 326 g/mol. The fraction of sp³-hybridized carbons (Fsp3) is 0.105. The Balaban J connectivity index is 1.65. The van der Waals surface area contributed by atoms with E-state index in [1.807, 2.05) is 24.3 Å². The van der Waals surface area contributed by atoms with Crippen LogP contribution in [0.3, 0.4) is 0 Å². The lowest BCUT2D eigenvalue weighted by Crippen LogP contribution is -2.17. The predicted octanol–water partition coefficient (Wildman–Crippen LogP) is 3.97. The number of halogens is 1. The number of carbonyl (C=O) groups excluding carboxylic acids is 1. The quantitative estimate of drug-likeness (QED) is 0.526. The lowest BCUT2D eigenvalue weighted by atomic mass is 10.1. The van der Waals surface area contributed by atoms with Gasteiger partial charge in [0.1, 0.15) is 23.1 Å². The molecule has 24 heavy (non-hydrogen) atoms. The van der Waals surface area contributed by atoms with E-state index in [4.69, 9.17) is 14.2 Å². The Labute approximate surface area is 138 Å². The van der Waals surface area contributed by atoms with Gasteiger partial charge in [0.15, 0.2) is 6.61 Å². The number of rotatable bonds is 5. The van der Waals surface area contributed by atoms with E-state index in [1.165, 1.54) is 24.3 Å². The monoisotopic (exact) mass is 326 g/mol. The van der Waals surface area contributed by atoms with Crippen LogP contribution in [0.5, 0.6) is 17.2 Å². The van der Waals surface area contributed by atoms with Gasteiger partial charge in [-0.2, -0.15) is 0 Å². The Morgan fingerprint density at radius 3 is 2.21 bits per heavy atom. The van der Waals surface area contributed by atoms with E-state index in [2.05, 4.69) is 0 Å². The summed E-state index contributed by atoms with van der Waals surface area (Å²) in [7, 11) is 1.60. The summed E-state index contributed by atoms with van der Waals surface area (Å²) < 4.78 is 28.5. The molecule has 0 saturated heterocycles. The van der Waals surface area contributed by atoms with Gasteiger partial charge in [-0.05, 0) is 59.3 Å². The van der Waals surface area contributed by atoms with E-state index in [0.717, 1.165) is 16.5 Å². The van der Waals surface area contributed by atoms with E-state index in [9.17, 15) is 9.18 Å². The van der Waals surface area contributed by atoms with Gasteiger partial charge in [-0.25, -0.2) is 9.18 Å². The molecule has 0 saturated carbocycles. The zero-order chi connectivity index (χ0) is 16.9. The summed E-state index contributed by atoms with van der Waals surface area (Å²) in [4.78, 5) is 11.9. The maximum Gasteiger partial charge on any atom is 0.349 e. The minimum absolute atomic E-state index is 0.262. The first-order valence-corrected chi connectivity index (χ1v) is 7.31. The van der Waals surface area contributed by atoms with Crippen molar-refractivity contribution in [2.45, 2.75) is 0 Å². The molecule has 3 rings (SSSR count). The zero-order valence-electron chi connectivity index (χ0n) is 13.0. The van der Waals surface area contributed by atoms with Crippen LogP contribution in [0.25, 0.3) is 10.8 Å². The van der Waals surface area contributed by atoms with E-state index >= 15 is 0 Å². The Bertz CT molecular complexity index is 859. The van der Waals surface area contributed by atoms with Crippen molar-refractivity contribution in [2.75, 3.05) is 13.7 Å². The number of benzene rings is 3. The molecule has 0 aliphatic rings. The van der Waals surface area contributed by atoms with Crippen molar-refractivity contribution in [2.24, 2.45) is 0 Å². The number of hydrogen-bond donors (Lipinski definition) is 0. The molecule has 0 aromatic heterocycles. The molecule has 0 aliphatic carbocycles. The SMILES string of the molecule is COc1ccc2ccc(OC(=O)COc3ccc(F)cc3)cc2c1. The smallest absolute Gasteiger partial charge is 0.349 e. The largest absolute Gasteiger partial charge is 0.497 e. The molecular weight excluding hydrogens is 311 g/mol. The number of ether oxygens (including phenoxy) is 3. The standard InChI is InChI=1S/C19H15FO4/c1-22-17-6-2-13-3-7-18(11-14(13)10-17)24-19(21)12-23-16-8-4-15(20)5-9-16/h2-11H,12H2,1H3. The van der Waals surface area contributed by atoms with Crippen molar-refractivity contribution >= 4 is 16.7 Å². The molecule has 122 valence electrons. The number of fused-ring (bicyclic) bond motifs is 1. The first-order valence-electron chi connectivity index (χ1n) is 7.31. The summed E-state index contributed by atoms with van der Waals surface area (Å²) in [5.74, 6) is 0.642. The zero-order valence-corrected chi connectivity index (χ0v) is 13.0. The van der Waals surface area contributed by atoms with Crippen LogP contribution in [-0.2, 0) is 4.79 Å². The summed E-state index contributed by atoms with van der Waals surface area (Å²) in [5.41, 5.74) is 0. The second-order valence-corrected chi connectivity index (χ2v) is 5.09. The van der Waals surface area contributed by atoms with E-state index in [-0.39, 0.29) is 12.4 Å². The number of carbonyl (C=O) groups is 1. The maximum atomic E-state index is 12.8. The molecule has 0 atom stereocenters. The molecule has 0 N–H and O–H groups in total. The molecule has 0 fully saturated rings. The van der Waals surface area contributed by atoms with Crippen LogP contribution in [0.4, 0.5) is 4.39 Å². The highest BCUT2D eigenvalue weighted by atomic mass is 19.1. The third-order valence-corrected chi connectivity index (χ3v) is 3.42. The summed E-state index contributed by atoms with van der Waals surface area (Å²) in [6, 6.07) is 16.4. The fourth-order valence-corrected chi connectivity index (χ4v) is 2.23. The Morgan fingerprint density at radius 1 is 0.875 bits per heavy atom. The van der Waals surface area contributed by atoms with Crippen molar-refractivity contribution in [3.63, 3.8) is 0 Å². The first kappa shape index (κ1) is 15.8. The van der Waals surface area contributed by atoms with E-state index < -0.39 is 5.97 Å². The molecule has 0 unspecified atom stereocenters. The topological polar surface area (TPSA) is 44.8 Å². The molecule has 0 aliphatic heterocycles. The van der Waals surface area contributed by atoms with Crippen LogP contribution < -0.4 is 14.2 Å². The van der Waals surface area contributed by atoms with Crippen LogP contribution in [0, 0.1) is 5.82 Å². The predicted molar refractivity (Wildman–Crippen MR) is 88.0 cm³/mol. The second kappa shape index (κ2) is 7.00. The Morgan fingerprint density at radius 2 is 1.50 bits per heavy atom. The minimum atomic E-state index is -0.540. The van der Waals surface area contributed by atoms with Crippen molar-refractivity contribution < 1.29 is 23.4 Å². The molecule has 4 nitrogen and oxygen atoms in total. The van der Waals surface area contributed by atoms with Crippen LogP contribution >= 0.6 is 0 Å². The van der Waals surface area contributed by atoms with Gasteiger partial charge < -0.3 is 14.2 Å². The molecule has 3 aromatic rings. The van der Waals surface area contributed by atoms with Gasteiger partial charge >= 0.3 is 5.97 Å². The van der Waals surface area contributed by atoms with Crippen molar-refractivity contribution in [3.8, 4) is 17.2 Å². The van der Waals surface area contributed by atoms with Crippen LogP contribution in [0.1, 0.15) is 0 Å². The fourth-order valence-electron chi connectivity index (χ4n) is 2.23. The highest BCUT2D eigenvalue weighted by Gasteiger charge is 2.07. The van der Waals surface area contributed by atoms with E-state index in [1.54, 1.807) is 19.2 Å². The summed E-state index contributed by atoms with van der Waals surface area (Å²) >= 11 is 0. The summed E-state index contributed by atoms with van der Waals surface area (Å²) in [6.45, 7) is -0.262. The van der Waals surface area contributed by atoms with E-state index in [0.29, 0.717) is 11.5 Å². The Kier molecular flexibility index (Phi) is 4.61. The van der Waals surface area contributed by atoms with Gasteiger partial charge in [0.25, 0.3) is 0 Å². The third kappa shape index (κ3) is 3.81. The molecule has 0 bridgehead atoms. The summed E-state index contributed by atoms with van der Waals surface area (Å²) in [6.07, 6.45) is 0. The van der Waals surface area contributed by atoms with Gasteiger partial charge in [0.2, 0.25) is 0 Å². The normalized spacial score (nSPS) is 10.4. The molecule has 0 radical (unpaired) electrons. The second-order valence-electron chi connectivity index (χ2n) is 5.09. The molecule has 5 heteroatoms. The lowest BCUT2D eigenvalue weighted by Gasteiger charge is -2.08. The molecule has 3 aromatic carbocycles. The third-order valence-electron chi connectivity index (χ3n) is 3.42. The summed E-state index contributed by atoms with van der Waals surface area (Å²) in [5, 5.41) is 1.91. The highest BCUT2D eigenvalue weighted by Crippen LogP contribution is 2.25. The van der Waals surface area contributed by atoms with Gasteiger partial charge in [-0.3, -0.25) is 0 Å². The average Bonchev–Trinajstić information content (AvgIpc) is 2.60. The van der Waals surface area contributed by atoms with Crippen LogP contribution in [0.15, 0.2) is 60.7 Å². The minimum Gasteiger partial charge on any atom is -0.497 e. The van der Waals surface area contributed by atoms with Crippen LogP contribution in [0.2, 0.25) is 0 Å². The molecular formula is C19H15FO4. The van der Waals surface area contributed by atoms with Crippen molar-refractivity contribution in [1.29, 1.82) is 0 Å². The molecule has 0 heterocycles. The molecule has 0 spiro atoms. The highest BCUT2D eigenvalue weighted by molar-refractivity contribution is 5.86. The van der Waals surface area contributed by atoms with Crippen LogP contribution in [-0.4, -0.2) is 19.7 Å². The number of hydrogen-bond acceptors (Lipinski definition) is 4. The van der Waals surface area contributed by atoms with Gasteiger partial charge in [-0.15, -0.1) is 0 Å². The first-order chi connectivity index (χ1) is 11.6. The lowest BCUT2D eigenvalue weighted by molar-refractivity contribution is -0.136. The van der Waals surface area contributed by atoms with Crippen molar-refractivity contribution in [1.82, 2.24) is 0 Å². The maximum absolute atomic E-state index is 12.8. The Hall–Kier alpha value is -3.08. The van der Waals surface area contributed by atoms with Gasteiger partial charge in [0, 0.05) is 0 Å². The van der Waals surface area contributed by atoms with Gasteiger partial charge in [-0.1, -0.05) is 12.1 Å². The van der Waals surface area contributed by atoms with Crippen molar-refractivity contribution in [3.05, 3.63) is 66.5 Å². The number of esters is 1. The number of methoxy groups -OCH3 is 1. The van der Waals surface area contributed by atoms with Gasteiger partial charge in [0.05, 0.1) is 7.11 Å².